The molecule has 0 bridgehead atoms. The number of carbonyl (C=O) groups is 2. The second-order valence-electron chi connectivity index (χ2n) is 8.73. The third kappa shape index (κ3) is 3.02. The molecular formula is C22H28O2. The van der Waals surface area contributed by atoms with E-state index in [4.69, 9.17) is 0 Å². The highest BCUT2D eigenvalue weighted by Crippen LogP contribution is 2.50. The standard InChI is InChI=1S/C22H28O2/c1-20(2,3)17-10-7-9-16(13-17)18-11-8-12-22(15-24,19(18)14-23)21(4,5)6/h7-15,19H,1-6H3. The normalized spacial score (nSPS) is 24.4. The number of carbonyl (C=O) groups excluding carboxylic acids is 2. The van der Waals surface area contributed by atoms with Crippen LogP contribution in [0.1, 0.15) is 52.7 Å². The molecule has 128 valence electrons. The van der Waals surface area contributed by atoms with Crippen molar-refractivity contribution in [2.24, 2.45) is 16.7 Å². The predicted octanol–water partition coefficient (Wildman–Crippen LogP) is 4.98. The Morgan fingerprint density at radius 1 is 1.04 bits per heavy atom. The molecule has 0 fully saturated rings. The van der Waals surface area contributed by atoms with Crippen LogP contribution >= 0.6 is 0 Å². The van der Waals surface area contributed by atoms with Crippen molar-refractivity contribution in [2.45, 2.75) is 47.0 Å². The maximum absolute atomic E-state index is 12.1. The van der Waals surface area contributed by atoms with Crippen LogP contribution in [-0.4, -0.2) is 12.6 Å². The molecule has 1 aliphatic carbocycles. The van der Waals surface area contributed by atoms with E-state index in [0.29, 0.717) is 0 Å². The first-order valence-electron chi connectivity index (χ1n) is 8.49. The van der Waals surface area contributed by atoms with Crippen LogP contribution in [0.2, 0.25) is 0 Å². The van der Waals surface area contributed by atoms with E-state index in [1.54, 1.807) is 0 Å². The quantitative estimate of drug-likeness (QED) is 0.735. The topological polar surface area (TPSA) is 34.1 Å². The maximum Gasteiger partial charge on any atom is 0.131 e. The van der Waals surface area contributed by atoms with Gasteiger partial charge < -0.3 is 9.59 Å². The van der Waals surface area contributed by atoms with Crippen LogP contribution < -0.4 is 0 Å². The summed E-state index contributed by atoms with van der Waals surface area (Å²) in [5, 5.41) is 0. The Kier molecular flexibility index (Phi) is 4.72. The lowest BCUT2D eigenvalue weighted by Gasteiger charge is -2.44. The van der Waals surface area contributed by atoms with Gasteiger partial charge in [-0.3, -0.25) is 0 Å². The first-order chi connectivity index (χ1) is 11.1. The zero-order chi connectivity index (χ0) is 18.2. The third-order valence-electron chi connectivity index (χ3n) is 5.19. The van der Waals surface area contributed by atoms with Crippen molar-refractivity contribution < 1.29 is 9.59 Å². The van der Waals surface area contributed by atoms with Gasteiger partial charge in [-0.2, -0.15) is 0 Å². The zero-order valence-corrected chi connectivity index (χ0v) is 15.6. The first kappa shape index (κ1) is 18.4. The van der Waals surface area contributed by atoms with Gasteiger partial charge in [0.2, 0.25) is 0 Å². The summed E-state index contributed by atoms with van der Waals surface area (Å²) in [4.78, 5) is 24.1. The zero-order valence-electron chi connectivity index (χ0n) is 15.6. The van der Waals surface area contributed by atoms with Crippen LogP contribution in [0.4, 0.5) is 0 Å². The minimum atomic E-state index is -0.823. The Balaban J connectivity index is 2.59. The summed E-state index contributed by atoms with van der Waals surface area (Å²) in [6.07, 6.45) is 7.64. The number of benzene rings is 1. The molecule has 0 aromatic heterocycles. The molecule has 0 saturated heterocycles. The molecule has 2 unspecified atom stereocenters. The van der Waals surface area contributed by atoms with Gasteiger partial charge in [-0.15, -0.1) is 0 Å². The Morgan fingerprint density at radius 3 is 2.21 bits per heavy atom. The first-order valence-corrected chi connectivity index (χ1v) is 8.49. The Bertz CT molecular complexity index is 695. The van der Waals surface area contributed by atoms with Crippen molar-refractivity contribution in [2.75, 3.05) is 0 Å². The molecule has 1 aromatic carbocycles. The lowest BCUT2D eigenvalue weighted by atomic mass is 9.57. The van der Waals surface area contributed by atoms with Crippen LogP contribution in [-0.2, 0) is 15.0 Å². The molecular weight excluding hydrogens is 296 g/mol. The summed E-state index contributed by atoms with van der Waals surface area (Å²) in [7, 11) is 0. The summed E-state index contributed by atoms with van der Waals surface area (Å²) < 4.78 is 0. The summed E-state index contributed by atoms with van der Waals surface area (Å²) in [6, 6.07) is 8.29. The lowest BCUT2D eigenvalue weighted by Crippen LogP contribution is -2.44. The van der Waals surface area contributed by atoms with E-state index in [2.05, 4.69) is 32.9 Å². The number of allylic oxidation sites excluding steroid dienone is 4. The van der Waals surface area contributed by atoms with Crippen molar-refractivity contribution in [3.8, 4) is 0 Å². The van der Waals surface area contributed by atoms with Crippen molar-refractivity contribution in [1.29, 1.82) is 0 Å². The minimum absolute atomic E-state index is 0.0313. The van der Waals surface area contributed by atoms with Crippen molar-refractivity contribution in [3.05, 3.63) is 53.6 Å². The highest BCUT2D eigenvalue weighted by molar-refractivity contribution is 5.89. The number of hydrogen-bond acceptors (Lipinski definition) is 2. The smallest absolute Gasteiger partial charge is 0.131 e. The van der Waals surface area contributed by atoms with Gasteiger partial charge in [0.25, 0.3) is 0 Å². The number of aldehydes is 2. The van der Waals surface area contributed by atoms with E-state index in [9.17, 15) is 9.59 Å². The summed E-state index contributed by atoms with van der Waals surface area (Å²) >= 11 is 0. The molecule has 0 radical (unpaired) electrons. The summed E-state index contributed by atoms with van der Waals surface area (Å²) in [5.41, 5.74) is 2.01. The van der Waals surface area contributed by atoms with Gasteiger partial charge in [-0.05, 0) is 27.5 Å². The Labute approximate surface area is 145 Å². The van der Waals surface area contributed by atoms with Gasteiger partial charge >= 0.3 is 0 Å². The molecule has 1 aliphatic rings. The SMILES string of the molecule is CC(C)(C)c1cccc(C2=CC=CC(C=O)(C(C)(C)C)C2C=O)c1. The van der Waals surface area contributed by atoms with Crippen molar-refractivity contribution in [1.82, 2.24) is 0 Å². The number of hydrogen-bond donors (Lipinski definition) is 0. The second kappa shape index (κ2) is 6.16. The number of rotatable bonds is 3. The maximum atomic E-state index is 12.1. The second-order valence-corrected chi connectivity index (χ2v) is 8.73. The van der Waals surface area contributed by atoms with Crippen LogP contribution in [0.3, 0.4) is 0 Å². The third-order valence-corrected chi connectivity index (χ3v) is 5.19. The average Bonchev–Trinajstić information content (AvgIpc) is 2.52. The highest BCUT2D eigenvalue weighted by Gasteiger charge is 2.49. The summed E-state index contributed by atoms with van der Waals surface area (Å²) in [6.45, 7) is 12.5. The molecule has 1 aromatic rings. The Hall–Kier alpha value is -1.96. The van der Waals surface area contributed by atoms with E-state index >= 15 is 0 Å². The molecule has 2 heteroatoms. The fourth-order valence-corrected chi connectivity index (χ4v) is 3.41. The fourth-order valence-electron chi connectivity index (χ4n) is 3.41. The molecule has 0 saturated carbocycles. The molecule has 0 heterocycles. The fraction of sp³-hybridized carbons (Fsp3) is 0.455. The molecule has 0 amide bonds. The predicted molar refractivity (Wildman–Crippen MR) is 99.8 cm³/mol. The van der Waals surface area contributed by atoms with Gasteiger partial charge in [0.05, 0.1) is 11.3 Å². The molecule has 0 spiro atoms. The largest absolute Gasteiger partial charge is 0.303 e. The Morgan fingerprint density at radius 2 is 1.71 bits per heavy atom. The van der Waals surface area contributed by atoms with E-state index in [1.807, 2.05) is 51.1 Å². The lowest BCUT2D eigenvalue weighted by molar-refractivity contribution is -0.126. The van der Waals surface area contributed by atoms with Gasteiger partial charge in [0, 0.05) is 0 Å². The van der Waals surface area contributed by atoms with Crippen molar-refractivity contribution in [3.63, 3.8) is 0 Å². The highest BCUT2D eigenvalue weighted by atomic mass is 16.1. The summed E-state index contributed by atoms with van der Waals surface area (Å²) in [5.74, 6) is -0.477. The van der Waals surface area contributed by atoms with Gasteiger partial charge in [-0.25, -0.2) is 0 Å². The van der Waals surface area contributed by atoms with E-state index in [-0.39, 0.29) is 10.8 Å². The molecule has 2 atom stereocenters. The van der Waals surface area contributed by atoms with Crippen LogP contribution in [0.15, 0.2) is 42.5 Å². The molecule has 2 rings (SSSR count). The molecule has 0 aliphatic heterocycles. The van der Waals surface area contributed by atoms with Gasteiger partial charge in [0.15, 0.2) is 0 Å². The average molecular weight is 324 g/mol. The van der Waals surface area contributed by atoms with Crippen LogP contribution in [0.25, 0.3) is 5.57 Å². The van der Waals surface area contributed by atoms with Crippen LogP contribution in [0, 0.1) is 16.7 Å². The van der Waals surface area contributed by atoms with Gasteiger partial charge in [0.1, 0.15) is 12.6 Å². The van der Waals surface area contributed by atoms with Crippen LogP contribution in [0.5, 0.6) is 0 Å². The molecule has 0 N–H and O–H groups in total. The molecule has 24 heavy (non-hydrogen) atoms. The van der Waals surface area contributed by atoms with E-state index in [0.717, 1.165) is 23.7 Å². The van der Waals surface area contributed by atoms with Crippen molar-refractivity contribution >= 4 is 18.1 Å². The van der Waals surface area contributed by atoms with E-state index in [1.165, 1.54) is 5.56 Å². The minimum Gasteiger partial charge on any atom is -0.303 e. The van der Waals surface area contributed by atoms with E-state index < -0.39 is 11.3 Å². The molecule has 2 nitrogen and oxygen atoms in total. The monoisotopic (exact) mass is 324 g/mol. The van der Waals surface area contributed by atoms with Gasteiger partial charge in [-0.1, -0.05) is 84.0 Å².